The smallest absolute Gasteiger partial charge is 0.395 e. The first kappa shape index (κ1) is 59.6. The number of nitrogens with zero attached hydrogens (tertiary/aromatic N) is 5. The maximum atomic E-state index is 14.9. The second-order valence-corrected chi connectivity index (χ2v) is 24.4. The Morgan fingerprint density at radius 2 is 1.56 bits per heavy atom. The quantitative estimate of drug-likeness (QED) is 0.0576. The topological polar surface area (TPSA) is 216 Å². The number of ether oxygens (including phenoxy) is 1. The molecular formula is C64H63F3N8O8S2. The van der Waals surface area contributed by atoms with Gasteiger partial charge in [-0.15, -0.1) is 11.3 Å². The highest BCUT2D eigenvalue weighted by Crippen LogP contribution is 2.41. The third-order valence-corrected chi connectivity index (χ3v) is 17.6. The first-order valence-electron chi connectivity index (χ1n) is 27.8. The van der Waals surface area contributed by atoms with Crippen molar-refractivity contribution in [2.75, 3.05) is 23.3 Å². The molecule has 0 radical (unpaired) electrons. The maximum absolute atomic E-state index is 14.9. The zero-order valence-corrected chi connectivity index (χ0v) is 49.1. The fraction of sp³-hybridized carbons (Fsp3) is 0.312. The van der Waals surface area contributed by atoms with Crippen molar-refractivity contribution < 1.29 is 52.1 Å². The number of aromatic carboxylic acids is 1. The summed E-state index contributed by atoms with van der Waals surface area (Å²) in [6.07, 6.45) is -6.48. The number of hydrogen-bond donors (Lipinski definition) is 5. The van der Waals surface area contributed by atoms with Gasteiger partial charge in [0.15, 0.2) is 10.8 Å². The van der Waals surface area contributed by atoms with Crippen molar-refractivity contribution in [2.45, 2.75) is 110 Å². The number of para-hydroxylation sites is 1. The van der Waals surface area contributed by atoms with Crippen LogP contribution in [0.15, 0.2) is 127 Å². The van der Waals surface area contributed by atoms with E-state index in [0.717, 1.165) is 43.0 Å². The maximum Gasteiger partial charge on any atom is 0.395 e. The number of fused-ring (bicyclic) bond motifs is 2. The standard InChI is InChI=1S/C64H63F3N8O8S2/c1-35-44(45-25-27-53(71-55(45)61(81)82)74-30-29-39-11-9-13-46(47(39)33-74)58(78)73-62-70-49-14-7-8-16-52(49)85-62)12-10-15-51(35)83-43-23-21-40(22-24-43)48(64(65,66)67)26-28-54(77)72-57(63(4,5)6)60(80)75-32-42(76)31-50(75)59(79)69-36(2)38-17-19-41(20-18-38)56-37(3)68-34-84-56/h7-25,27,34,36,42,48,50,57,76H,26,28-33H2,1-6H3,(H,69,79)(H,72,77)(H,81,82)(H,70,73,78)/t36-,42+,48-,50-,57+/m0/s1. The van der Waals surface area contributed by atoms with Crippen LogP contribution in [0.5, 0.6) is 11.5 Å². The number of halogens is 3. The molecule has 4 amide bonds. The summed E-state index contributed by atoms with van der Waals surface area (Å²) in [4.78, 5) is 86.1. The predicted octanol–water partition coefficient (Wildman–Crippen LogP) is 12.2. The van der Waals surface area contributed by atoms with Crippen molar-refractivity contribution in [1.29, 1.82) is 0 Å². The van der Waals surface area contributed by atoms with Crippen LogP contribution in [0.2, 0.25) is 0 Å². The van der Waals surface area contributed by atoms with Crippen LogP contribution in [-0.2, 0) is 27.3 Å². The van der Waals surface area contributed by atoms with Crippen molar-refractivity contribution >= 4 is 73.4 Å². The summed E-state index contributed by atoms with van der Waals surface area (Å²) in [5.74, 6) is -4.66. The predicted molar refractivity (Wildman–Crippen MR) is 321 cm³/mol. The van der Waals surface area contributed by atoms with Crippen LogP contribution in [-0.4, -0.2) is 97.1 Å². The van der Waals surface area contributed by atoms with Gasteiger partial charge in [-0.05, 0) is 127 Å². The number of likely N-dealkylation sites (tertiary alicyclic amines) is 1. The Labute approximate surface area is 497 Å². The Kier molecular flexibility index (Phi) is 17.2. The Bertz CT molecular complexity index is 3790. The van der Waals surface area contributed by atoms with E-state index >= 15 is 0 Å². The van der Waals surface area contributed by atoms with Gasteiger partial charge in [-0.1, -0.05) is 105 Å². The number of aliphatic hydroxyl groups is 1. The normalized spacial score (nSPS) is 16.3. The lowest BCUT2D eigenvalue weighted by Gasteiger charge is -2.35. The molecule has 0 bridgehead atoms. The first-order valence-corrected chi connectivity index (χ1v) is 29.5. The fourth-order valence-corrected chi connectivity index (χ4v) is 12.7. The third kappa shape index (κ3) is 13.2. The van der Waals surface area contributed by atoms with Crippen molar-refractivity contribution in [1.82, 2.24) is 30.5 Å². The number of aromatic nitrogens is 3. The average Bonchev–Trinajstić information content (AvgIpc) is 4.00. The highest BCUT2D eigenvalue weighted by atomic mass is 32.1. The summed E-state index contributed by atoms with van der Waals surface area (Å²) in [5.41, 5.74) is 7.62. The number of benzene rings is 5. The monoisotopic (exact) mass is 1190 g/mol. The van der Waals surface area contributed by atoms with Gasteiger partial charge in [-0.3, -0.25) is 24.5 Å². The molecule has 0 saturated carbocycles. The first-order chi connectivity index (χ1) is 40.5. The molecule has 5 N–H and O–H groups in total. The summed E-state index contributed by atoms with van der Waals surface area (Å²) in [6, 6.07) is 31.9. The molecule has 8 aromatic rings. The summed E-state index contributed by atoms with van der Waals surface area (Å²) in [5, 5.41) is 30.3. The van der Waals surface area contributed by atoms with E-state index in [1.807, 2.05) is 72.5 Å². The number of carboxylic acid groups (broad SMARTS) is 1. The minimum absolute atomic E-state index is 0.0430. The molecule has 2 aliphatic heterocycles. The Hall–Kier alpha value is -8.53. The Morgan fingerprint density at radius 3 is 2.26 bits per heavy atom. The molecule has 1 fully saturated rings. The summed E-state index contributed by atoms with van der Waals surface area (Å²) < 4.78 is 51.7. The van der Waals surface area contributed by atoms with E-state index in [1.165, 1.54) is 51.8 Å². The zero-order chi connectivity index (χ0) is 60.5. The number of anilines is 2. The van der Waals surface area contributed by atoms with Gasteiger partial charge >= 0.3 is 12.1 Å². The van der Waals surface area contributed by atoms with E-state index in [4.69, 9.17) is 4.74 Å². The van der Waals surface area contributed by atoms with Crippen molar-refractivity contribution in [3.63, 3.8) is 0 Å². The van der Waals surface area contributed by atoms with Gasteiger partial charge in [-0.25, -0.2) is 19.7 Å². The van der Waals surface area contributed by atoms with Gasteiger partial charge in [0.25, 0.3) is 5.91 Å². The van der Waals surface area contributed by atoms with E-state index < -0.39 is 78.3 Å². The van der Waals surface area contributed by atoms with E-state index in [0.29, 0.717) is 58.5 Å². The Morgan fingerprint density at radius 1 is 0.835 bits per heavy atom. The number of hydrogen-bond acceptors (Lipinski definition) is 13. The Balaban J connectivity index is 0.776. The number of aliphatic hydroxyl groups excluding tert-OH is 1. The van der Waals surface area contributed by atoms with Crippen molar-refractivity contribution in [3.8, 4) is 33.1 Å². The number of β-amino-alcohol motifs (C(OH)–C–C–N with tert-alkyl or cyclic N) is 1. The number of nitrogens with one attached hydrogen (secondary N) is 3. The molecule has 3 aromatic heterocycles. The van der Waals surface area contributed by atoms with Gasteiger partial charge in [0.2, 0.25) is 17.7 Å². The lowest BCUT2D eigenvalue weighted by atomic mass is 9.85. The largest absolute Gasteiger partial charge is 0.476 e. The van der Waals surface area contributed by atoms with Crippen LogP contribution >= 0.6 is 22.7 Å². The van der Waals surface area contributed by atoms with Crippen LogP contribution in [0, 0.1) is 19.3 Å². The van der Waals surface area contributed by atoms with Crippen LogP contribution in [0.4, 0.5) is 24.1 Å². The number of alkyl halides is 3. The molecule has 0 spiro atoms. The van der Waals surface area contributed by atoms with Crippen LogP contribution in [0.1, 0.15) is 113 Å². The number of aryl methyl sites for hydroxylation is 1. The molecule has 440 valence electrons. The lowest BCUT2D eigenvalue weighted by molar-refractivity contribution is -0.153. The van der Waals surface area contributed by atoms with Gasteiger partial charge in [0.05, 0.1) is 44.4 Å². The second-order valence-electron chi connectivity index (χ2n) is 22.5. The number of thiazole rings is 2. The molecule has 5 aromatic carbocycles. The highest BCUT2D eigenvalue weighted by molar-refractivity contribution is 7.22. The molecule has 1 saturated heterocycles. The molecule has 10 rings (SSSR count). The minimum atomic E-state index is -4.76. The van der Waals surface area contributed by atoms with Gasteiger partial charge in [0.1, 0.15) is 29.4 Å². The van der Waals surface area contributed by atoms with Gasteiger partial charge in [-0.2, -0.15) is 13.2 Å². The molecule has 2 aliphatic rings. The van der Waals surface area contributed by atoms with Crippen LogP contribution in [0.3, 0.4) is 0 Å². The SMILES string of the molecule is Cc1ncsc1-c1ccc([C@H](C)NC(=O)[C@@H]2C[C@@H](O)CN2C(=O)[C@@H](NC(=O)CC[C@@H](c2ccc(Oc3cccc(-c4ccc(N5CCc6cccc(C(=O)Nc7nc8ccccc8s7)c6C5)nc4C(=O)O)c3C)cc2)C(F)(F)F)C(C)(C)C)cc1. The third-order valence-electron chi connectivity index (χ3n) is 15.6. The van der Waals surface area contributed by atoms with E-state index in [9.17, 15) is 47.4 Å². The van der Waals surface area contributed by atoms with Crippen molar-refractivity contribution in [2.24, 2.45) is 5.41 Å². The number of carbonyl (C=O) groups is 5. The molecule has 16 nitrogen and oxygen atoms in total. The second kappa shape index (κ2) is 24.6. The number of carboxylic acids is 1. The average molecular weight is 1190 g/mol. The molecule has 21 heteroatoms. The number of rotatable bonds is 17. The lowest BCUT2D eigenvalue weighted by Crippen LogP contribution is -2.57. The molecule has 85 heavy (non-hydrogen) atoms. The zero-order valence-electron chi connectivity index (χ0n) is 47.5. The van der Waals surface area contributed by atoms with Crippen LogP contribution < -0.4 is 25.6 Å². The minimum Gasteiger partial charge on any atom is -0.476 e. The van der Waals surface area contributed by atoms with E-state index in [2.05, 4.69) is 30.9 Å². The summed E-state index contributed by atoms with van der Waals surface area (Å²) in [6.45, 7) is 11.2. The molecule has 0 unspecified atom stereocenters. The molecule has 5 atom stereocenters. The summed E-state index contributed by atoms with van der Waals surface area (Å²) in [7, 11) is 0. The van der Waals surface area contributed by atoms with Gasteiger partial charge in [0, 0.05) is 43.6 Å². The van der Waals surface area contributed by atoms with E-state index in [1.54, 1.807) is 76.5 Å². The number of carbonyl (C=O) groups excluding carboxylic acids is 4. The molecule has 0 aliphatic carbocycles. The fourth-order valence-electron chi connectivity index (χ4n) is 11.0. The van der Waals surface area contributed by atoms with Gasteiger partial charge < -0.3 is 35.4 Å². The molecule has 5 heterocycles. The number of amides is 4. The van der Waals surface area contributed by atoms with E-state index in [-0.39, 0.29) is 35.9 Å². The summed E-state index contributed by atoms with van der Waals surface area (Å²) >= 11 is 2.91. The molecular weight excluding hydrogens is 1130 g/mol. The van der Waals surface area contributed by atoms with Crippen molar-refractivity contribution in [3.05, 3.63) is 172 Å². The number of pyridine rings is 1. The highest BCUT2D eigenvalue weighted by Gasteiger charge is 2.46. The van der Waals surface area contributed by atoms with Crippen LogP contribution in [0.25, 0.3) is 31.8 Å².